The lowest BCUT2D eigenvalue weighted by Gasteiger charge is -2.37. The lowest BCUT2D eigenvalue weighted by Crippen LogP contribution is -2.41. The topological polar surface area (TPSA) is 124 Å². The molecule has 41 heavy (non-hydrogen) atoms. The highest BCUT2D eigenvalue weighted by Gasteiger charge is 2.41. The van der Waals surface area contributed by atoms with Crippen LogP contribution in [-0.4, -0.2) is 64.7 Å². The molecule has 10 nitrogen and oxygen atoms in total. The number of quaternary nitrogens is 1. The number of nitrogens with one attached hydrogen (secondary N) is 1. The van der Waals surface area contributed by atoms with Gasteiger partial charge in [0.1, 0.15) is 12.6 Å². The number of aliphatic hydroxyl groups is 1. The first-order valence-electron chi connectivity index (χ1n) is 12.7. The van der Waals surface area contributed by atoms with Gasteiger partial charge in [-0.2, -0.15) is 18.4 Å². The number of aromatic amines is 1. The Hall–Kier alpha value is -4.41. The Morgan fingerprint density at radius 2 is 1.98 bits per heavy atom. The molecule has 4 rings (SSSR count). The fraction of sp³-hybridized carbons (Fsp3) is 0.357. The van der Waals surface area contributed by atoms with Gasteiger partial charge in [-0.25, -0.2) is 19.3 Å². The van der Waals surface area contributed by atoms with Gasteiger partial charge in [0.25, 0.3) is 0 Å². The molecule has 0 saturated heterocycles. The minimum Gasteiger partial charge on any atom is -0.466 e. The number of carbonyl (C=O) groups excluding carboxylic acids is 1. The normalized spacial score (nSPS) is 15.5. The molecule has 1 aliphatic heterocycles. The fourth-order valence-corrected chi connectivity index (χ4v) is 5.20. The maximum atomic E-state index is 13.6. The van der Waals surface area contributed by atoms with E-state index in [9.17, 15) is 33.1 Å². The molecule has 1 atom stereocenters. The molecule has 216 valence electrons. The number of halogens is 3. The van der Waals surface area contributed by atoms with Crippen LogP contribution >= 0.6 is 0 Å². The van der Waals surface area contributed by atoms with E-state index in [-0.39, 0.29) is 29.5 Å². The number of hydrogen-bond donors (Lipinski definition) is 2. The lowest BCUT2D eigenvalue weighted by molar-refractivity contribution is -0.903. The third kappa shape index (κ3) is 5.75. The van der Waals surface area contributed by atoms with Gasteiger partial charge in [-0.15, -0.1) is 5.10 Å². The van der Waals surface area contributed by atoms with Gasteiger partial charge < -0.3 is 14.3 Å². The molecule has 1 aromatic heterocycles. The van der Waals surface area contributed by atoms with Gasteiger partial charge in [-0.3, -0.25) is 4.90 Å². The average molecular weight is 572 g/mol. The average Bonchev–Trinajstić information content (AvgIpc) is 3.30. The largest absolute Gasteiger partial charge is 0.466 e. The Morgan fingerprint density at radius 1 is 1.24 bits per heavy atom. The summed E-state index contributed by atoms with van der Waals surface area (Å²) >= 11 is 0. The van der Waals surface area contributed by atoms with Gasteiger partial charge in [0, 0.05) is 30.0 Å². The molecule has 1 aliphatic rings. The highest BCUT2D eigenvalue weighted by atomic mass is 19.4. The quantitative estimate of drug-likeness (QED) is 0.313. The van der Waals surface area contributed by atoms with E-state index in [0.29, 0.717) is 40.7 Å². The Kier molecular flexibility index (Phi) is 8.10. The SMILES string of the molecule is COC(=O)C1=C(C)N(c2cccc(C(F)(F)F)c2)c2n[nH]c(=O)n2C1c1ccc(C#N)cc1C[N+](C)(C)CCCO. The van der Waals surface area contributed by atoms with Crippen molar-refractivity contribution >= 4 is 17.6 Å². The molecule has 0 radical (unpaired) electrons. The van der Waals surface area contributed by atoms with Gasteiger partial charge >= 0.3 is 17.8 Å². The molecule has 2 N–H and O–H groups in total. The van der Waals surface area contributed by atoms with E-state index in [4.69, 9.17) is 4.74 Å². The molecule has 0 fully saturated rings. The predicted molar refractivity (Wildman–Crippen MR) is 143 cm³/mol. The summed E-state index contributed by atoms with van der Waals surface area (Å²) in [6.45, 7) is 2.54. The van der Waals surface area contributed by atoms with E-state index < -0.39 is 29.4 Å². The molecule has 0 amide bonds. The number of aromatic nitrogens is 3. The molecule has 2 heterocycles. The van der Waals surface area contributed by atoms with Gasteiger partial charge in [0.15, 0.2) is 0 Å². The molecular weight excluding hydrogens is 541 g/mol. The second kappa shape index (κ2) is 11.2. The Balaban J connectivity index is 1.99. The summed E-state index contributed by atoms with van der Waals surface area (Å²) in [4.78, 5) is 27.9. The Labute approximate surface area is 234 Å². The summed E-state index contributed by atoms with van der Waals surface area (Å²) in [7, 11) is 5.08. The number of anilines is 2. The Morgan fingerprint density at radius 3 is 2.61 bits per heavy atom. The van der Waals surface area contributed by atoms with Crippen LogP contribution in [0.4, 0.5) is 24.8 Å². The van der Waals surface area contributed by atoms with Crippen LogP contribution in [0.15, 0.2) is 58.5 Å². The third-order valence-electron chi connectivity index (χ3n) is 7.07. The minimum atomic E-state index is -4.62. The van der Waals surface area contributed by atoms with Crippen molar-refractivity contribution < 1.29 is 32.3 Å². The first kappa shape index (κ1) is 29.6. The van der Waals surface area contributed by atoms with Crippen LogP contribution in [0.2, 0.25) is 0 Å². The molecule has 13 heteroatoms. The molecule has 0 aliphatic carbocycles. The molecular formula is C28H30F3N6O4+. The second-order valence-electron chi connectivity index (χ2n) is 10.4. The number of nitriles is 1. The number of allylic oxidation sites excluding steroid dienone is 1. The zero-order valence-corrected chi connectivity index (χ0v) is 23.0. The van der Waals surface area contributed by atoms with E-state index in [2.05, 4.69) is 16.3 Å². The Bertz CT molecular complexity index is 1600. The molecule has 0 spiro atoms. The van der Waals surface area contributed by atoms with Crippen molar-refractivity contribution in [2.24, 2.45) is 0 Å². The summed E-state index contributed by atoms with van der Waals surface area (Å²) in [5, 5.41) is 25.5. The maximum Gasteiger partial charge on any atom is 0.416 e. The van der Waals surface area contributed by atoms with E-state index in [1.807, 2.05) is 14.1 Å². The minimum absolute atomic E-state index is 0.00294. The first-order valence-corrected chi connectivity index (χ1v) is 12.7. The summed E-state index contributed by atoms with van der Waals surface area (Å²) in [5.74, 6) is -0.804. The number of H-pyrrole nitrogens is 1. The lowest BCUT2D eigenvalue weighted by atomic mass is 9.89. The van der Waals surface area contributed by atoms with Crippen LogP contribution in [-0.2, 0) is 22.3 Å². The number of carbonyl (C=O) groups is 1. The molecule has 2 aromatic carbocycles. The number of nitrogens with zero attached hydrogens (tertiary/aromatic N) is 5. The third-order valence-corrected chi connectivity index (χ3v) is 7.07. The number of rotatable bonds is 8. The van der Waals surface area contributed by atoms with Crippen LogP contribution in [0.3, 0.4) is 0 Å². The summed E-state index contributed by atoms with van der Waals surface area (Å²) in [6.07, 6.45) is -4.09. The highest BCUT2D eigenvalue weighted by Crippen LogP contribution is 2.43. The number of ether oxygens (including phenoxy) is 1. The predicted octanol–water partition coefficient (Wildman–Crippen LogP) is 3.61. The van der Waals surface area contributed by atoms with Crippen molar-refractivity contribution in [3.63, 3.8) is 0 Å². The van der Waals surface area contributed by atoms with Crippen LogP contribution in [0, 0.1) is 11.3 Å². The standard InChI is InChI=1S/C28H29F3N6O4/c1-17-23(25(39)41-4)24(22-10-9-18(15-32)13-19(22)16-37(2,3)11-6-12-38)36-26(33-34-27(36)40)35(17)21-8-5-7-20(14-21)28(29,30)31/h5,7-10,13-14,24,38H,6,11-12,16H2,1-4H3/p+1. The van der Waals surface area contributed by atoms with Gasteiger partial charge in [0.2, 0.25) is 5.95 Å². The van der Waals surface area contributed by atoms with Crippen LogP contribution in [0.25, 0.3) is 0 Å². The molecule has 1 unspecified atom stereocenters. The van der Waals surface area contributed by atoms with Crippen molar-refractivity contribution in [1.82, 2.24) is 14.8 Å². The molecule has 3 aromatic rings. The number of alkyl halides is 3. The van der Waals surface area contributed by atoms with E-state index in [0.717, 1.165) is 12.1 Å². The second-order valence-corrected chi connectivity index (χ2v) is 10.4. The van der Waals surface area contributed by atoms with Crippen molar-refractivity contribution in [1.29, 1.82) is 5.26 Å². The fourth-order valence-electron chi connectivity index (χ4n) is 5.20. The zero-order chi connectivity index (χ0) is 30.1. The number of methoxy groups -OCH3 is 1. The number of aliphatic hydroxyl groups excluding tert-OH is 1. The van der Waals surface area contributed by atoms with Crippen molar-refractivity contribution in [3.8, 4) is 6.07 Å². The number of hydrogen-bond acceptors (Lipinski definition) is 7. The first-order chi connectivity index (χ1) is 19.3. The van der Waals surface area contributed by atoms with Gasteiger partial charge in [-0.05, 0) is 42.8 Å². The summed E-state index contributed by atoms with van der Waals surface area (Å²) in [5.41, 5.74) is 0.229. The van der Waals surface area contributed by atoms with Gasteiger partial charge in [0.05, 0.1) is 50.5 Å². The van der Waals surface area contributed by atoms with E-state index in [1.165, 1.54) is 28.7 Å². The zero-order valence-electron chi connectivity index (χ0n) is 23.0. The van der Waals surface area contributed by atoms with Crippen LogP contribution in [0.1, 0.15) is 41.6 Å². The smallest absolute Gasteiger partial charge is 0.416 e. The van der Waals surface area contributed by atoms with Crippen molar-refractivity contribution in [2.75, 3.05) is 39.3 Å². The number of fused-ring (bicyclic) bond motifs is 1. The van der Waals surface area contributed by atoms with E-state index >= 15 is 0 Å². The van der Waals surface area contributed by atoms with Crippen molar-refractivity contribution in [3.05, 3.63) is 86.5 Å². The number of esters is 1. The summed E-state index contributed by atoms with van der Waals surface area (Å²) in [6, 6.07) is 10.5. The van der Waals surface area contributed by atoms with Crippen LogP contribution < -0.4 is 10.6 Å². The molecule has 0 saturated carbocycles. The van der Waals surface area contributed by atoms with Gasteiger partial charge in [-0.1, -0.05) is 12.1 Å². The van der Waals surface area contributed by atoms with Crippen molar-refractivity contribution in [2.45, 2.75) is 32.1 Å². The number of benzene rings is 2. The highest BCUT2D eigenvalue weighted by molar-refractivity contribution is 5.93. The maximum absolute atomic E-state index is 13.6. The monoisotopic (exact) mass is 571 g/mol. The molecule has 0 bridgehead atoms. The van der Waals surface area contributed by atoms with Crippen LogP contribution in [0.5, 0.6) is 0 Å². The van der Waals surface area contributed by atoms with E-state index in [1.54, 1.807) is 25.1 Å². The summed E-state index contributed by atoms with van der Waals surface area (Å²) < 4.78 is 47.5.